The van der Waals surface area contributed by atoms with Crippen molar-refractivity contribution < 1.29 is 9.18 Å². The SMILES string of the molecule is NC(=O)c1[nH]c2cc(F)ccc2c1-c1ccccc1Cl. The largest absolute Gasteiger partial charge is 0.364 e. The second-order valence-electron chi connectivity index (χ2n) is 4.41. The van der Waals surface area contributed by atoms with Crippen LogP contribution < -0.4 is 5.73 Å². The molecule has 2 aromatic carbocycles. The van der Waals surface area contributed by atoms with Gasteiger partial charge in [0, 0.05) is 27.1 Å². The molecule has 1 aromatic heterocycles. The number of aromatic nitrogens is 1. The Morgan fingerprint density at radius 2 is 1.95 bits per heavy atom. The zero-order chi connectivity index (χ0) is 14.3. The van der Waals surface area contributed by atoms with Gasteiger partial charge in [-0.3, -0.25) is 4.79 Å². The van der Waals surface area contributed by atoms with E-state index in [-0.39, 0.29) is 11.5 Å². The number of primary amides is 1. The highest BCUT2D eigenvalue weighted by atomic mass is 35.5. The van der Waals surface area contributed by atoms with Gasteiger partial charge in [-0.05, 0) is 24.3 Å². The molecule has 0 saturated carbocycles. The van der Waals surface area contributed by atoms with E-state index in [0.717, 1.165) is 0 Å². The topological polar surface area (TPSA) is 58.9 Å². The van der Waals surface area contributed by atoms with Crippen LogP contribution in [0.1, 0.15) is 10.5 Å². The van der Waals surface area contributed by atoms with E-state index in [0.29, 0.717) is 27.1 Å². The summed E-state index contributed by atoms with van der Waals surface area (Å²) in [6, 6.07) is 11.4. The van der Waals surface area contributed by atoms with Crippen LogP contribution in [0.2, 0.25) is 5.02 Å². The number of hydrogen-bond donors (Lipinski definition) is 2. The smallest absolute Gasteiger partial charge is 0.265 e. The Labute approximate surface area is 119 Å². The van der Waals surface area contributed by atoms with Crippen LogP contribution in [-0.2, 0) is 0 Å². The Morgan fingerprint density at radius 3 is 2.65 bits per heavy atom. The lowest BCUT2D eigenvalue weighted by Crippen LogP contribution is -2.12. The third-order valence-corrected chi connectivity index (χ3v) is 3.48. The van der Waals surface area contributed by atoms with Gasteiger partial charge in [0.05, 0.1) is 0 Å². The summed E-state index contributed by atoms with van der Waals surface area (Å²) in [6.07, 6.45) is 0. The molecule has 1 amide bonds. The van der Waals surface area contributed by atoms with Gasteiger partial charge in [0.25, 0.3) is 5.91 Å². The first-order valence-corrected chi connectivity index (χ1v) is 6.31. The molecule has 3 aromatic rings. The molecule has 0 spiro atoms. The minimum Gasteiger partial charge on any atom is -0.364 e. The molecule has 3 nitrogen and oxygen atoms in total. The fourth-order valence-corrected chi connectivity index (χ4v) is 2.53. The lowest BCUT2D eigenvalue weighted by molar-refractivity contribution is 0.0997. The molecule has 0 aliphatic heterocycles. The van der Waals surface area contributed by atoms with Gasteiger partial charge in [0.2, 0.25) is 0 Å². The van der Waals surface area contributed by atoms with Crippen molar-refractivity contribution in [1.82, 2.24) is 4.98 Å². The van der Waals surface area contributed by atoms with Gasteiger partial charge in [-0.15, -0.1) is 0 Å². The molecule has 3 rings (SSSR count). The van der Waals surface area contributed by atoms with Gasteiger partial charge in [-0.1, -0.05) is 29.8 Å². The van der Waals surface area contributed by atoms with Gasteiger partial charge in [0.15, 0.2) is 0 Å². The first kappa shape index (κ1) is 12.7. The number of carbonyl (C=O) groups is 1. The number of hydrogen-bond acceptors (Lipinski definition) is 1. The predicted octanol–water partition coefficient (Wildman–Crippen LogP) is 3.73. The summed E-state index contributed by atoms with van der Waals surface area (Å²) in [5.74, 6) is -1.00. The monoisotopic (exact) mass is 288 g/mol. The van der Waals surface area contributed by atoms with Crippen molar-refractivity contribution in [2.45, 2.75) is 0 Å². The normalized spacial score (nSPS) is 10.9. The summed E-state index contributed by atoms with van der Waals surface area (Å²) < 4.78 is 13.3. The summed E-state index contributed by atoms with van der Waals surface area (Å²) in [5.41, 5.74) is 7.40. The minimum absolute atomic E-state index is 0.221. The average molecular weight is 289 g/mol. The van der Waals surface area contributed by atoms with Crippen molar-refractivity contribution in [3.63, 3.8) is 0 Å². The van der Waals surface area contributed by atoms with Crippen molar-refractivity contribution in [3.05, 3.63) is 59.0 Å². The predicted molar refractivity (Wildman–Crippen MR) is 77.2 cm³/mol. The van der Waals surface area contributed by atoms with E-state index in [9.17, 15) is 9.18 Å². The lowest BCUT2D eigenvalue weighted by Gasteiger charge is -2.05. The Hall–Kier alpha value is -2.33. The highest BCUT2D eigenvalue weighted by Gasteiger charge is 2.19. The summed E-state index contributed by atoms with van der Waals surface area (Å²) in [6.45, 7) is 0. The summed E-state index contributed by atoms with van der Waals surface area (Å²) in [5, 5.41) is 1.20. The number of nitrogens with one attached hydrogen (secondary N) is 1. The molecule has 0 aliphatic rings. The van der Waals surface area contributed by atoms with E-state index < -0.39 is 5.91 Å². The summed E-state index contributed by atoms with van der Waals surface area (Å²) >= 11 is 6.18. The van der Waals surface area contributed by atoms with E-state index in [1.165, 1.54) is 12.1 Å². The molecule has 3 N–H and O–H groups in total. The van der Waals surface area contributed by atoms with E-state index in [2.05, 4.69) is 4.98 Å². The van der Waals surface area contributed by atoms with Crippen LogP contribution in [0.15, 0.2) is 42.5 Å². The van der Waals surface area contributed by atoms with Crippen LogP contribution >= 0.6 is 11.6 Å². The number of fused-ring (bicyclic) bond motifs is 1. The van der Waals surface area contributed by atoms with E-state index in [1.54, 1.807) is 24.3 Å². The van der Waals surface area contributed by atoms with Crippen molar-refractivity contribution in [3.8, 4) is 11.1 Å². The van der Waals surface area contributed by atoms with Crippen LogP contribution in [0, 0.1) is 5.82 Å². The number of aromatic amines is 1. The van der Waals surface area contributed by atoms with Crippen molar-refractivity contribution >= 4 is 28.4 Å². The molecule has 20 heavy (non-hydrogen) atoms. The van der Waals surface area contributed by atoms with E-state index in [4.69, 9.17) is 17.3 Å². The molecule has 0 unspecified atom stereocenters. The zero-order valence-electron chi connectivity index (χ0n) is 10.3. The Balaban J connectivity index is 2.41. The van der Waals surface area contributed by atoms with Crippen LogP contribution in [-0.4, -0.2) is 10.9 Å². The molecule has 5 heteroatoms. The maximum Gasteiger partial charge on any atom is 0.265 e. The second kappa shape index (κ2) is 4.65. The number of nitrogens with two attached hydrogens (primary N) is 1. The van der Waals surface area contributed by atoms with Crippen LogP contribution in [0.5, 0.6) is 0 Å². The molecular formula is C15H10ClFN2O. The summed E-state index contributed by atoms with van der Waals surface area (Å²) in [7, 11) is 0. The number of halogens is 2. The highest BCUT2D eigenvalue weighted by molar-refractivity contribution is 6.34. The molecular weight excluding hydrogens is 279 g/mol. The summed E-state index contributed by atoms with van der Waals surface area (Å²) in [4.78, 5) is 14.5. The number of H-pyrrole nitrogens is 1. The maximum absolute atomic E-state index is 13.3. The Kier molecular flexibility index (Phi) is 2.95. The fraction of sp³-hybridized carbons (Fsp3) is 0. The minimum atomic E-state index is -0.614. The molecule has 0 saturated heterocycles. The highest BCUT2D eigenvalue weighted by Crippen LogP contribution is 2.36. The Morgan fingerprint density at radius 1 is 1.20 bits per heavy atom. The van der Waals surface area contributed by atoms with Crippen molar-refractivity contribution in [2.75, 3.05) is 0 Å². The lowest BCUT2D eigenvalue weighted by atomic mass is 10.0. The Bertz CT molecular complexity index is 826. The maximum atomic E-state index is 13.3. The number of rotatable bonds is 2. The molecule has 0 fully saturated rings. The van der Waals surface area contributed by atoms with Gasteiger partial charge >= 0.3 is 0 Å². The quantitative estimate of drug-likeness (QED) is 0.742. The third kappa shape index (κ3) is 1.94. The van der Waals surface area contributed by atoms with Crippen LogP contribution in [0.25, 0.3) is 22.0 Å². The van der Waals surface area contributed by atoms with Crippen molar-refractivity contribution in [1.29, 1.82) is 0 Å². The molecule has 100 valence electrons. The standard InChI is InChI=1S/C15H10ClFN2O/c16-11-4-2-1-3-9(11)13-10-6-5-8(17)7-12(10)19-14(13)15(18)20/h1-7,19H,(H2,18,20). The molecule has 0 aliphatic carbocycles. The average Bonchev–Trinajstić information content (AvgIpc) is 2.78. The third-order valence-electron chi connectivity index (χ3n) is 3.15. The number of carbonyl (C=O) groups excluding carboxylic acids is 1. The number of amides is 1. The van der Waals surface area contributed by atoms with E-state index >= 15 is 0 Å². The molecule has 0 atom stereocenters. The molecule has 0 bridgehead atoms. The molecule has 1 heterocycles. The van der Waals surface area contributed by atoms with Gasteiger partial charge in [0.1, 0.15) is 11.5 Å². The molecule has 0 radical (unpaired) electrons. The second-order valence-corrected chi connectivity index (χ2v) is 4.82. The first-order chi connectivity index (χ1) is 9.58. The zero-order valence-corrected chi connectivity index (χ0v) is 11.0. The van der Waals surface area contributed by atoms with Gasteiger partial charge < -0.3 is 10.7 Å². The van der Waals surface area contributed by atoms with E-state index in [1.807, 2.05) is 6.07 Å². The number of benzene rings is 2. The van der Waals surface area contributed by atoms with Gasteiger partial charge in [-0.2, -0.15) is 0 Å². The fourth-order valence-electron chi connectivity index (χ4n) is 2.30. The van der Waals surface area contributed by atoms with Crippen LogP contribution in [0.4, 0.5) is 4.39 Å². The first-order valence-electron chi connectivity index (χ1n) is 5.94. The van der Waals surface area contributed by atoms with Crippen molar-refractivity contribution in [2.24, 2.45) is 5.73 Å². The van der Waals surface area contributed by atoms with Crippen LogP contribution in [0.3, 0.4) is 0 Å². The van der Waals surface area contributed by atoms with Gasteiger partial charge in [-0.25, -0.2) is 4.39 Å².